The molecule has 4 heteroatoms. The molecule has 3 rings (SSSR count). The zero-order chi connectivity index (χ0) is 11.7. The fraction of sp³-hybridized carbons (Fsp3) is 0.308. The largest absolute Gasteiger partial charge is 0.473 e. The van der Waals surface area contributed by atoms with E-state index in [1.54, 1.807) is 16.7 Å². The summed E-state index contributed by atoms with van der Waals surface area (Å²) in [5.74, 6) is 2.02. The Kier molecular flexibility index (Phi) is 2.81. The quantitative estimate of drug-likeness (QED) is 0.606. The summed E-state index contributed by atoms with van der Waals surface area (Å²) in [6.45, 7) is 0.652. The van der Waals surface area contributed by atoms with Crippen molar-refractivity contribution in [2.45, 2.75) is 17.5 Å². The minimum Gasteiger partial charge on any atom is -0.473 e. The van der Waals surface area contributed by atoms with Gasteiger partial charge >= 0.3 is 0 Å². The number of fused-ring (bicyclic) bond motifs is 1. The Balaban J connectivity index is 1.53. The van der Waals surface area contributed by atoms with Crippen LogP contribution in [0.2, 0.25) is 0 Å². The van der Waals surface area contributed by atoms with Crippen molar-refractivity contribution in [3.63, 3.8) is 0 Å². The third kappa shape index (κ3) is 2.17. The summed E-state index contributed by atoms with van der Waals surface area (Å²) in [5.41, 5.74) is 0. The summed E-state index contributed by atoms with van der Waals surface area (Å²) in [6.07, 6.45) is 2.64. The molecule has 0 radical (unpaired) electrons. The Morgan fingerprint density at radius 1 is 1.41 bits per heavy atom. The molecule has 0 unspecified atom stereocenters. The van der Waals surface area contributed by atoms with Gasteiger partial charge in [-0.1, -0.05) is 18.2 Å². The molecule has 0 bridgehead atoms. The molecule has 88 valence electrons. The summed E-state index contributed by atoms with van der Waals surface area (Å²) in [5, 5.41) is 0. The van der Waals surface area contributed by atoms with Crippen LogP contribution in [0.3, 0.4) is 0 Å². The fourth-order valence-corrected chi connectivity index (χ4v) is 2.77. The van der Waals surface area contributed by atoms with Crippen molar-refractivity contribution in [3.8, 4) is 0 Å². The molecule has 0 saturated carbocycles. The summed E-state index contributed by atoms with van der Waals surface area (Å²) in [7, 11) is 0. The van der Waals surface area contributed by atoms with Crippen LogP contribution in [0.25, 0.3) is 0 Å². The van der Waals surface area contributed by atoms with Gasteiger partial charge in [0.05, 0.1) is 13.0 Å². The third-order valence-corrected chi connectivity index (χ3v) is 3.87. The van der Waals surface area contributed by atoms with Gasteiger partial charge in [-0.3, -0.25) is 9.69 Å². The molecule has 0 aliphatic carbocycles. The normalized spacial score (nSPS) is 24.5. The van der Waals surface area contributed by atoms with Crippen LogP contribution < -0.4 is 0 Å². The van der Waals surface area contributed by atoms with E-state index in [2.05, 4.69) is 18.2 Å². The number of carbonyl (C=O) groups is 1. The van der Waals surface area contributed by atoms with Gasteiger partial charge in [-0.05, 0) is 18.2 Å². The van der Waals surface area contributed by atoms with Gasteiger partial charge in [0, 0.05) is 10.6 Å². The van der Waals surface area contributed by atoms with E-state index in [1.807, 2.05) is 18.2 Å². The molecule has 17 heavy (non-hydrogen) atoms. The first-order valence-corrected chi connectivity index (χ1v) is 6.64. The van der Waals surface area contributed by atoms with Crippen LogP contribution in [0.4, 0.5) is 0 Å². The molecule has 2 aliphatic rings. The highest BCUT2D eigenvalue weighted by molar-refractivity contribution is 7.99. The molecule has 1 aromatic carbocycles. The molecular weight excluding hydrogens is 234 g/mol. The zero-order valence-corrected chi connectivity index (χ0v) is 10.2. The van der Waals surface area contributed by atoms with Crippen LogP contribution in [0, 0.1) is 0 Å². The van der Waals surface area contributed by atoms with Crippen LogP contribution in [0.15, 0.2) is 47.1 Å². The van der Waals surface area contributed by atoms with Gasteiger partial charge in [-0.2, -0.15) is 0 Å². The van der Waals surface area contributed by atoms with E-state index in [9.17, 15) is 4.79 Å². The number of ether oxygens (including phenoxy) is 1. The average molecular weight is 247 g/mol. The van der Waals surface area contributed by atoms with Gasteiger partial charge in [-0.15, -0.1) is 11.8 Å². The number of thioether (sulfide) groups is 1. The number of benzene rings is 1. The summed E-state index contributed by atoms with van der Waals surface area (Å²) < 4.78 is 5.62. The molecule has 0 spiro atoms. The first-order valence-electron chi connectivity index (χ1n) is 5.66. The molecule has 1 atom stereocenters. The molecule has 3 nitrogen and oxygen atoms in total. The van der Waals surface area contributed by atoms with Crippen molar-refractivity contribution < 1.29 is 9.53 Å². The summed E-state index contributed by atoms with van der Waals surface area (Å²) in [4.78, 5) is 14.2. The van der Waals surface area contributed by atoms with Gasteiger partial charge in [-0.25, -0.2) is 0 Å². The van der Waals surface area contributed by atoms with Crippen LogP contribution >= 0.6 is 11.8 Å². The van der Waals surface area contributed by atoms with E-state index in [1.165, 1.54) is 4.90 Å². The van der Waals surface area contributed by atoms with E-state index >= 15 is 0 Å². The predicted molar refractivity (Wildman–Crippen MR) is 66.5 cm³/mol. The summed E-state index contributed by atoms with van der Waals surface area (Å²) >= 11 is 1.77. The number of rotatable bonds is 3. The third-order valence-electron chi connectivity index (χ3n) is 2.94. The van der Waals surface area contributed by atoms with Crippen LogP contribution in [0.1, 0.15) is 6.42 Å². The maximum absolute atomic E-state index is 11.2. The van der Waals surface area contributed by atoms with E-state index in [0.29, 0.717) is 13.0 Å². The second kappa shape index (κ2) is 4.45. The predicted octanol–water partition coefficient (Wildman–Crippen LogP) is 2.25. The lowest BCUT2D eigenvalue weighted by molar-refractivity contribution is -0.154. The molecule has 2 saturated heterocycles. The number of amides is 1. The lowest BCUT2D eigenvalue weighted by Crippen LogP contribution is -2.48. The summed E-state index contributed by atoms with van der Waals surface area (Å²) in [6, 6.07) is 10.3. The topological polar surface area (TPSA) is 29.5 Å². The molecule has 2 heterocycles. The van der Waals surface area contributed by atoms with Gasteiger partial charge in [0.15, 0.2) is 6.23 Å². The smallest absolute Gasteiger partial charge is 0.231 e. The lowest BCUT2D eigenvalue weighted by Gasteiger charge is -2.30. The Bertz CT molecular complexity index is 458. The van der Waals surface area contributed by atoms with Gasteiger partial charge in [0.25, 0.3) is 0 Å². The first-order chi connectivity index (χ1) is 8.33. The highest BCUT2D eigenvalue weighted by atomic mass is 32.2. The number of hydrogen-bond acceptors (Lipinski definition) is 3. The number of hydrogen-bond donors (Lipinski definition) is 0. The number of β-lactam (4-membered cyclic amide) rings is 1. The molecule has 0 N–H and O–H groups in total. The number of nitrogens with zero attached hydrogens (tertiary/aromatic N) is 1. The Morgan fingerprint density at radius 3 is 2.94 bits per heavy atom. The maximum Gasteiger partial charge on any atom is 0.231 e. The van der Waals surface area contributed by atoms with E-state index in [0.717, 1.165) is 11.5 Å². The highest BCUT2D eigenvalue weighted by Gasteiger charge is 2.43. The van der Waals surface area contributed by atoms with Crippen molar-refractivity contribution in [1.82, 2.24) is 4.90 Å². The standard InChI is InChI=1S/C13H13NO2S/c15-12-8-13-14(12)9-10(16-13)6-7-17-11-4-2-1-3-5-11/h1-6,13H,7-9H2/t13-/m1/s1. The van der Waals surface area contributed by atoms with Gasteiger partial charge in [0.2, 0.25) is 5.91 Å². The van der Waals surface area contributed by atoms with Crippen molar-refractivity contribution in [3.05, 3.63) is 42.2 Å². The minimum absolute atomic E-state index is 0.0236. The van der Waals surface area contributed by atoms with Gasteiger partial charge < -0.3 is 4.74 Å². The Hall–Kier alpha value is -1.42. The van der Waals surface area contributed by atoms with Crippen LogP contribution in [0.5, 0.6) is 0 Å². The molecule has 1 aromatic rings. The lowest BCUT2D eigenvalue weighted by atomic mass is 10.2. The van der Waals surface area contributed by atoms with Crippen molar-refractivity contribution in [2.24, 2.45) is 0 Å². The molecule has 2 aliphatic heterocycles. The van der Waals surface area contributed by atoms with Crippen molar-refractivity contribution >= 4 is 17.7 Å². The second-order valence-electron chi connectivity index (χ2n) is 4.09. The van der Waals surface area contributed by atoms with Crippen molar-refractivity contribution in [1.29, 1.82) is 0 Å². The van der Waals surface area contributed by atoms with Crippen LogP contribution in [-0.2, 0) is 9.53 Å². The molecule has 0 aromatic heterocycles. The van der Waals surface area contributed by atoms with E-state index in [-0.39, 0.29) is 12.1 Å². The Morgan fingerprint density at radius 2 is 2.24 bits per heavy atom. The molecule has 1 amide bonds. The second-order valence-corrected chi connectivity index (χ2v) is 5.19. The minimum atomic E-state index is 0.0236. The number of carbonyl (C=O) groups excluding carboxylic acids is 1. The average Bonchev–Trinajstić information content (AvgIpc) is 2.68. The van der Waals surface area contributed by atoms with Crippen molar-refractivity contribution in [2.75, 3.05) is 12.3 Å². The zero-order valence-electron chi connectivity index (χ0n) is 9.33. The van der Waals surface area contributed by atoms with Crippen LogP contribution in [-0.4, -0.2) is 29.3 Å². The molecule has 2 fully saturated rings. The SMILES string of the molecule is O=C1C[C@H]2OC(=CCSc3ccccc3)CN12. The maximum atomic E-state index is 11.2. The monoisotopic (exact) mass is 247 g/mol. The Labute approximate surface area is 104 Å². The fourth-order valence-electron chi connectivity index (χ4n) is 1.96. The van der Waals surface area contributed by atoms with Gasteiger partial charge in [0.1, 0.15) is 5.76 Å². The van der Waals surface area contributed by atoms with E-state index in [4.69, 9.17) is 4.74 Å². The first kappa shape index (κ1) is 10.7. The highest BCUT2D eigenvalue weighted by Crippen LogP contribution is 2.31. The molecular formula is C13H13NO2S. The van der Waals surface area contributed by atoms with E-state index < -0.39 is 0 Å².